The molecule has 15 heteroatoms. The summed E-state index contributed by atoms with van der Waals surface area (Å²) in [6, 6.07) is 28.0. The summed E-state index contributed by atoms with van der Waals surface area (Å²) in [4.78, 5) is 30.6. The third kappa shape index (κ3) is 8.13. The lowest BCUT2D eigenvalue weighted by Gasteiger charge is -2.32. The molecule has 64 heavy (non-hydrogen) atoms. The maximum atomic E-state index is 13.7. The van der Waals surface area contributed by atoms with Gasteiger partial charge in [0.15, 0.2) is 5.65 Å². The quantitative estimate of drug-likeness (QED) is 0.140. The highest BCUT2D eigenvalue weighted by Crippen LogP contribution is 2.40. The number of hydrogen-bond donors (Lipinski definition) is 1. The molecule has 1 amide bonds. The number of rotatable bonds is 9. The summed E-state index contributed by atoms with van der Waals surface area (Å²) in [6.07, 6.45) is 10.3. The van der Waals surface area contributed by atoms with Gasteiger partial charge in [-0.15, -0.1) is 0 Å². The Morgan fingerprint density at radius 3 is 1.97 bits per heavy atom. The number of amides is 1. The molecular weight excluding hydrogens is 827 g/mol. The molecule has 3 aromatic carbocycles. The van der Waals surface area contributed by atoms with Gasteiger partial charge in [-0.2, -0.15) is 0 Å². The molecule has 1 aliphatic rings. The highest BCUT2D eigenvalue weighted by atomic mass is 32.2. The van der Waals surface area contributed by atoms with E-state index in [1.165, 1.54) is 8.87 Å². The van der Waals surface area contributed by atoms with Crippen molar-refractivity contribution in [3.63, 3.8) is 0 Å². The summed E-state index contributed by atoms with van der Waals surface area (Å²) < 4.78 is 52.2. The molecule has 326 valence electrons. The summed E-state index contributed by atoms with van der Waals surface area (Å²) >= 11 is 0. The predicted molar refractivity (Wildman–Crippen MR) is 251 cm³/mol. The van der Waals surface area contributed by atoms with Crippen molar-refractivity contribution in [3.8, 4) is 44.9 Å². The SMILES string of the molecule is COc1ccccc1-c1c[nH]c2ncc(-c3cncc(C(=O)N(C)C)c3)cc12.COc1ccccc1-c1cn(S(=O)(=O)c2ccc(C)cc2)c2ncc(B3OC(C)(C)C(C)(C)O3)cc12. The number of benzene rings is 3. The fraction of sp³-hybridized carbons (Fsp3) is 0.224. The third-order valence-corrected chi connectivity index (χ3v) is 13.5. The lowest BCUT2D eigenvalue weighted by molar-refractivity contribution is 0.00578. The second kappa shape index (κ2) is 17.1. The molecule has 0 saturated carbocycles. The van der Waals surface area contributed by atoms with Crippen LogP contribution in [-0.2, 0) is 19.3 Å². The van der Waals surface area contributed by atoms with E-state index in [9.17, 15) is 13.2 Å². The van der Waals surface area contributed by atoms with Crippen LogP contribution in [0.2, 0.25) is 0 Å². The van der Waals surface area contributed by atoms with Crippen molar-refractivity contribution < 1.29 is 32.0 Å². The fourth-order valence-corrected chi connectivity index (χ4v) is 8.84. The summed E-state index contributed by atoms with van der Waals surface area (Å²) in [5.41, 5.74) is 7.49. The molecule has 0 radical (unpaired) electrons. The Balaban J connectivity index is 0.000000181. The first-order chi connectivity index (χ1) is 30.5. The van der Waals surface area contributed by atoms with Crippen molar-refractivity contribution in [1.29, 1.82) is 0 Å². The number of nitrogens with one attached hydrogen (secondary N) is 1. The number of aromatic nitrogens is 5. The van der Waals surface area contributed by atoms with E-state index in [4.69, 9.17) is 18.8 Å². The highest BCUT2D eigenvalue weighted by molar-refractivity contribution is 7.90. The number of hydrogen-bond acceptors (Lipinski definition) is 10. The van der Waals surface area contributed by atoms with Gasteiger partial charge in [-0.25, -0.2) is 22.4 Å². The van der Waals surface area contributed by atoms with Crippen molar-refractivity contribution in [2.24, 2.45) is 0 Å². The first kappa shape index (κ1) is 43.8. The summed E-state index contributed by atoms with van der Waals surface area (Å²) in [7, 11) is 2.17. The maximum absolute atomic E-state index is 13.7. The smallest absolute Gasteiger partial charge is 0.496 e. The van der Waals surface area contributed by atoms with Gasteiger partial charge >= 0.3 is 7.12 Å². The number of ether oxygens (including phenoxy) is 2. The standard InChI is InChI=1S/C27H29BN2O5S.C22H20N4O2/c1-18-11-13-20(14-12-18)36(31,32)30-17-23(21-9-7-8-10-24(21)33-6)22-15-19(16-29-25(22)30)28-34-26(2,3)27(4,5)35-28;1-26(2)22(27)16-8-14(10-23-11-16)15-9-18-19(13-25-21(18)24-12-15)17-6-4-5-7-20(17)28-3/h7-17H,1-6H3;4-13H,1-3H3,(H,24,25). The van der Waals surface area contributed by atoms with Gasteiger partial charge in [0, 0.05) is 101 Å². The van der Waals surface area contributed by atoms with Crippen LogP contribution in [0.1, 0.15) is 43.6 Å². The molecule has 1 aliphatic heterocycles. The van der Waals surface area contributed by atoms with E-state index in [0.29, 0.717) is 33.4 Å². The number of carbonyl (C=O) groups excluding carboxylic acids is 1. The van der Waals surface area contributed by atoms with Gasteiger partial charge in [-0.1, -0.05) is 54.1 Å². The zero-order chi connectivity index (χ0) is 45.6. The van der Waals surface area contributed by atoms with Crippen LogP contribution in [0.3, 0.4) is 0 Å². The van der Waals surface area contributed by atoms with Gasteiger partial charge in [-0.05, 0) is 77.1 Å². The first-order valence-corrected chi connectivity index (χ1v) is 22.1. The molecule has 0 bridgehead atoms. The molecule has 9 rings (SSSR count). The van der Waals surface area contributed by atoms with Crippen LogP contribution in [0.15, 0.2) is 133 Å². The second-order valence-electron chi connectivity index (χ2n) is 16.8. The average molecular weight is 877 g/mol. The number of nitrogens with zero attached hydrogens (tertiary/aromatic N) is 5. The first-order valence-electron chi connectivity index (χ1n) is 20.6. The third-order valence-electron chi connectivity index (χ3n) is 11.8. The van der Waals surface area contributed by atoms with Gasteiger partial charge in [0.2, 0.25) is 0 Å². The highest BCUT2D eigenvalue weighted by Gasteiger charge is 2.52. The van der Waals surface area contributed by atoms with Crippen LogP contribution in [-0.4, -0.2) is 89.8 Å². The predicted octanol–water partition coefficient (Wildman–Crippen LogP) is 8.56. The Kier molecular flexibility index (Phi) is 11.7. The Morgan fingerprint density at radius 1 is 0.734 bits per heavy atom. The van der Waals surface area contributed by atoms with Crippen molar-refractivity contribution in [1.82, 2.24) is 28.8 Å². The van der Waals surface area contributed by atoms with E-state index >= 15 is 0 Å². The van der Waals surface area contributed by atoms with Crippen LogP contribution in [0.4, 0.5) is 0 Å². The van der Waals surface area contributed by atoms with Crippen molar-refractivity contribution >= 4 is 50.6 Å². The Bertz CT molecular complexity index is 3130. The summed E-state index contributed by atoms with van der Waals surface area (Å²) in [5.74, 6) is 1.35. The molecule has 1 fully saturated rings. The Labute approximate surface area is 373 Å². The van der Waals surface area contributed by atoms with E-state index in [1.807, 2.05) is 101 Å². The zero-order valence-corrected chi connectivity index (χ0v) is 38.0. The monoisotopic (exact) mass is 876 g/mol. The minimum absolute atomic E-state index is 0.0836. The number of methoxy groups -OCH3 is 2. The molecule has 1 N–H and O–H groups in total. The van der Waals surface area contributed by atoms with Gasteiger partial charge in [0.1, 0.15) is 17.1 Å². The summed E-state index contributed by atoms with van der Waals surface area (Å²) in [6.45, 7) is 9.88. The van der Waals surface area contributed by atoms with Gasteiger partial charge in [0.25, 0.3) is 15.9 Å². The number of carbonyl (C=O) groups is 1. The molecule has 5 aromatic heterocycles. The van der Waals surface area contributed by atoms with Crippen molar-refractivity contribution in [3.05, 3.63) is 139 Å². The van der Waals surface area contributed by atoms with E-state index in [-0.39, 0.29) is 10.8 Å². The summed E-state index contributed by atoms with van der Waals surface area (Å²) in [5, 5.41) is 1.63. The number of pyridine rings is 3. The van der Waals surface area contributed by atoms with Crippen LogP contribution in [0.5, 0.6) is 11.5 Å². The average Bonchev–Trinajstić information content (AvgIpc) is 3.96. The van der Waals surface area contributed by atoms with E-state index in [0.717, 1.165) is 50.2 Å². The lowest BCUT2D eigenvalue weighted by Crippen LogP contribution is -2.41. The fourth-order valence-electron chi connectivity index (χ4n) is 7.52. The number of aryl methyl sites for hydroxylation is 1. The van der Waals surface area contributed by atoms with E-state index < -0.39 is 28.3 Å². The molecule has 0 aliphatic carbocycles. The van der Waals surface area contributed by atoms with Crippen LogP contribution < -0.4 is 14.9 Å². The molecule has 0 spiro atoms. The Morgan fingerprint density at radius 2 is 1.34 bits per heavy atom. The minimum atomic E-state index is -3.91. The molecule has 13 nitrogen and oxygen atoms in total. The molecule has 0 unspecified atom stereocenters. The topological polar surface area (TPSA) is 151 Å². The normalized spacial score (nSPS) is 14.3. The lowest BCUT2D eigenvalue weighted by atomic mass is 9.79. The number of aromatic amines is 1. The largest absolute Gasteiger partial charge is 0.496 e. The van der Waals surface area contributed by atoms with Crippen molar-refractivity contribution in [2.45, 2.75) is 50.7 Å². The number of fused-ring (bicyclic) bond motifs is 2. The molecule has 8 aromatic rings. The zero-order valence-electron chi connectivity index (χ0n) is 37.2. The van der Waals surface area contributed by atoms with Crippen LogP contribution in [0.25, 0.3) is 55.4 Å². The van der Waals surface area contributed by atoms with Crippen LogP contribution in [0, 0.1) is 6.92 Å². The second-order valence-corrected chi connectivity index (χ2v) is 18.6. The van der Waals surface area contributed by atoms with Gasteiger partial charge < -0.3 is 28.7 Å². The number of para-hydroxylation sites is 2. The molecular formula is C49H49BN6O7S. The van der Waals surface area contributed by atoms with Gasteiger partial charge in [-0.3, -0.25) is 9.78 Å². The van der Waals surface area contributed by atoms with Gasteiger partial charge in [0.05, 0.1) is 35.9 Å². The molecule has 0 atom stereocenters. The molecule has 6 heterocycles. The maximum Gasteiger partial charge on any atom is 0.496 e. The van der Waals surface area contributed by atoms with E-state index in [2.05, 4.69) is 26.0 Å². The van der Waals surface area contributed by atoms with Crippen molar-refractivity contribution in [2.75, 3.05) is 28.3 Å². The number of H-pyrrole nitrogens is 1. The van der Waals surface area contributed by atoms with E-state index in [1.54, 1.807) is 83.6 Å². The Hall–Kier alpha value is -6.81. The minimum Gasteiger partial charge on any atom is -0.496 e. The molecule has 1 saturated heterocycles. The van der Waals surface area contributed by atoms with Crippen LogP contribution >= 0.6 is 0 Å².